The van der Waals surface area contributed by atoms with E-state index in [-0.39, 0.29) is 0 Å². The summed E-state index contributed by atoms with van der Waals surface area (Å²) in [7, 11) is 1.81. The molecule has 0 bridgehead atoms. The van der Waals surface area contributed by atoms with Crippen LogP contribution in [0.25, 0.3) is 0 Å². The van der Waals surface area contributed by atoms with Gasteiger partial charge >= 0.3 is 0 Å². The van der Waals surface area contributed by atoms with Crippen LogP contribution in [0.15, 0.2) is 12.4 Å². The van der Waals surface area contributed by atoms with Crippen LogP contribution >= 0.6 is 0 Å². The molecule has 0 saturated heterocycles. The third-order valence-electron chi connectivity index (χ3n) is 2.42. The molecule has 1 heterocycles. The maximum absolute atomic E-state index is 10.2. The normalized spacial score (nSPS) is 14.5. The molecule has 1 unspecified atom stereocenters. The Morgan fingerprint density at radius 3 is 2.59 bits per heavy atom. The number of aliphatic hydroxyl groups is 1. The zero-order valence-corrected chi connectivity index (χ0v) is 11.0. The minimum absolute atomic E-state index is 0.463. The molecule has 17 heavy (non-hydrogen) atoms. The van der Waals surface area contributed by atoms with E-state index >= 15 is 0 Å². The van der Waals surface area contributed by atoms with Gasteiger partial charge in [-0.25, -0.2) is 9.97 Å². The van der Waals surface area contributed by atoms with Gasteiger partial charge in [0.1, 0.15) is 18.0 Å². The Hall–Kier alpha value is -1.36. The fourth-order valence-corrected chi connectivity index (χ4v) is 1.82. The van der Waals surface area contributed by atoms with Gasteiger partial charge in [0, 0.05) is 19.7 Å². The van der Waals surface area contributed by atoms with E-state index in [9.17, 15) is 5.11 Å². The van der Waals surface area contributed by atoms with Crippen LogP contribution < -0.4 is 10.6 Å². The van der Waals surface area contributed by atoms with Crippen molar-refractivity contribution >= 4 is 11.6 Å². The zero-order valence-electron chi connectivity index (χ0n) is 11.0. The molecular weight excluding hydrogens is 216 g/mol. The summed E-state index contributed by atoms with van der Waals surface area (Å²) < 4.78 is 0. The quantitative estimate of drug-likeness (QED) is 0.704. The highest BCUT2D eigenvalue weighted by Gasteiger charge is 2.21. The van der Waals surface area contributed by atoms with Crippen LogP contribution in [0, 0.1) is 5.92 Å². The Morgan fingerprint density at radius 2 is 2.00 bits per heavy atom. The minimum Gasteiger partial charge on any atom is -0.388 e. The predicted octanol–water partition coefficient (Wildman–Crippen LogP) is 1.73. The molecule has 0 amide bonds. The Morgan fingerprint density at radius 1 is 1.35 bits per heavy atom. The molecule has 1 aromatic rings. The summed E-state index contributed by atoms with van der Waals surface area (Å²) in [5.74, 6) is 1.93. The maximum Gasteiger partial charge on any atom is 0.131 e. The van der Waals surface area contributed by atoms with E-state index in [1.54, 1.807) is 7.05 Å². The van der Waals surface area contributed by atoms with Crippen LogP contribution in [-0.2, 0) is 0 Å². The number of rotatable bonds is 6. The molecule has 1 rings (SSSR count). The van der Waals surface area contributed by atoms with Crippen molar-refractivity contribution in [3.8, 4) is 0 Å². The average molecular weight is 238 g/mol. The first-order valence-electron chi connectivity index (χ1n) is 5.89. The van der Waals surface area contributed by atoms with Gasteiger partial charge in [0.05, 0.1) is 5.60 Å². The van der Waals surface area contributed by atoms with Crippen molar-refractivity contribution in [1.82, 2.24) is 9.97 Å². The monoisotopic (exact) mass is 238 g/mol. The topological polar surface area (TPSA) is 70.1 Å². The summed E-state index contributed by atoms with van der Waals surface area (Å²) in [6.45, 7) is 6.50. The van der Waals surface area contributed by atoms with Gasteiger partial charge in [0.2, 0.25) is 0 Å². The van der Waals surface area contributed by atoms with E-state index in [2.05, 4.69) is 34.4 Å². The van der Waals surface area contributed by atoms with Gasteiger partial charge in [-0.3, -0.25) is 0 Å². The highest BCUT2D eigenvalue weighted by Crippen LogP contribution is 2.17. The van der Waals surface area contributed by atoms with Crippen molar-refractivity contribution in [2.45, 2.75) is 32.8 Å². The molecule has 96 valence electrons. The molecule has 0 radical (unpaired) electrons. The van der Waals surface area contributed by atoms with Gasteiger partial charge < -0.3 is 15.7 Å². The molecule has 1 atom stereocenters. The van der Waals surface area contributed by atoms with E-state index in [4.69, 9.17) is 0 Å². The number of hydrogen-bond acceptors (Lipinski definition) is 5. The van der Waals surface area contributed by atoms with Gasteiger partial charge in [-0.05, 0) is 19.3 Å². The molecule has 0 aliphatic rings. The molecule has 1 aromatic heterocycles. The average Bonchev–Trinajstić information content (AvgIpc) is 2.25. The largest absolute Gasteiger partial charge is 0.388 e. The molecule has 0 aliphatic carbocycles. The number of aromatic nitrogens is 2. The number of nitrogens with zero attached hydrogens (tertiary/aromatic N) is 2. The molecule has 3 N–H and O–H groups in total. The number of nitrogens with one attached hydrogen (secondary N) is 2. The van der Waals surface area contributed by atoms with Crippen LogP contribution in [0.3, 0.4) is 0 Å². The van der Waals surface area contributed by atoms with Crippen LogP contribution in [0.4, 0.5) is 11.6 Å². The first-order chi connectivity index (χ1) is 7.93. The highest BCUT2D eigenvalue weighted by atomic mass is 16.3. The van der Waals surface area contributed by atoms with Gasteiger partial charge in [-0.15, -0.1) is 0 Å². The molecule has 0 fully saturated rings. The second-order valence-corrected chi connectivity index (χ2v) is 4.99. The molecule has 0 aliphatic heterocycles. The Kier molecular flexibility index (Phi) is 4.69. The van der Waals surface area contributed by atoms with E-state index in [1.807, 2.05) is 13.0 Å². The summed E-state index contributed by atoms with van der Waals surface area (Å²) in [5.41, 5.74) is -0.723. The lowest BCUT2D eigenvalue weighted by Crippen LogP contribution is -2.35. The molecule has 5 heteroatoms. The third kappa shape index (κ3) is 4.99. The van der Waals surface area contributed by atoms with Crippen molar-refractivity contribution in [3.63, 3.8) is 0 Å². The second-order valence-electron chi connectivity index (χ2n) is 4.99. The molecule has 0 spiro atoms. The fourth-order valence-electron chi connectivity index (χ4n) is 1.82. The van der Waals surface area contributed by atoms with Crippen molar-refractivity contribution in [2.24, 2.45) is 5.92 Å². The predicted molar refractivity (Wildman–Crippen MR) is 70.1 cm³/mol. The summed E-state index contributed by atoms with van der Waals surface area (Å²) in [4.78, 5) is 8.12. The lowest BCUT2D eigenvalue weighted by atomic mass is 9.94. The summed E-state index contributed by atoms with van der Waals surface area (Å²) >= 11 is 0. The minimum atomic E-state index is -0.723. The van der Waals surface area contributed by atoms with E-state index in [0.29, 0.717) is 18.3 Å². The number of hydrogen-bond donors (Lipinski definition) is 3. The summed E-state index contributed by atoms with van der Waals surface area (Å²) in [5, 5.41) is 16.2. The third-order valence-corrected chi connectivity index (χ3v) is 2.42. The Labute approximate surface area is 103 Å². The fraction of sp³-hybridized carbons (Fsp3) is 0.667. The van der Waals surface area contributed by atoms with Gasteiger partial charge in [0.15, 0.2) is 0 Å². The van der Waals surface area contributed by atoms with E-state index in [1.165, 1.54) is 6.33 Å². The summed E-state index contributed by atoms with van der Waals surface area (Å²) in [6, 6.07) is 1.81. The van der Waals surface area contributed by atoms with Gasteiger partial charge in [0.25, 0.3) is 0 Å². The summed E-state index contributed by atoms with van der Waals surface area (Å²) in [6.07, 6.45) is 2.25. The van der Waals surface area contributed by atoms with Crippen molar-refractivity contribution < 1.29 is 5.11 Å². The van der Waals surface area contributed by atoms with Crippen molar-refractivity contribution in [1.29, 1.82) is 0 Å². The Bertz CT molecular complexity index is 352. The smallest absolute Gasteiger partial charge is 0.131 e. The SMILES string of the molecule is CNc1cc(NCC(C)(O)CC(C)C)ncn1. The molecular formula is C12H22N4O. The van der Waals surface area contributed by atoms with Crippen LogP contribution in [0.5, 0.6) is 0 Å². The van der Waals surface area contributed by atoms with Crippen molar-refractivity contribution in [3.05, 3.63) is 12.4 Å². The van der Waals surface area contributed by atoms with Gasteiger partial charge in [-0.1, -0.05) is 13.8 Å². The highest BCUT2D eigenvalue weighted by molar-refractivity contribution is 5.46. The van der Waals surface area contributed by atoms with E-state index < -0.39 is 5.60 Å². The zero-order chi connectivity index (χ0) is 12.9. The van der Waals surface area contributed by atoms with Crippen LogP contribution in [0.1, 0.15) is 27.2 Å². The second kappa shape index (κ2) is 5.82. The number of anilines is 2. The molecule has 0 saturated carbocycles. The van der Waals surface area contributed by atoms with Crippen LogP contribution in [-0.4, -0.2) is 34.3 Å². The lowest BCUT2D eigenvalue weighted by Gasteiger charge is -2.25. The first-order valence-corrected chi connectivity index (χ1v) is 5.89. The first kappa shape index (κ1) is 13.7. The lowest BCUT2D eigenvalue weighted by molar-refractivity contribution is 0.0515. The maximum atomic E-state index is 10.2. The molecule has 5 nitrogen and oxygen atoms in total. The van der Waals surface area contributed by atoms with E-state index in [0.717, 1.165) is 12.2 Å². The van der Waals surface area contributed by atoms with Gasteiger partial charge in [-0.2, -0.15) is 0 Å². The van der Waals surface area contributed by atoms with Crippen LogP contribution in [0.2, 0.25) is 0 Å². The Balaban J connectivity index is 2.54. The standard InChI is InChI=1S/C12H22N4O/c1-9(2)6-12(3,17)7-14-11-5-10(13-4)15-8-16-11/h5,8-9,17H,6-7H2,1-4H3,(H2,13,14,15,16). The van der Waals surface area contributed by atoms with Crippen molar-refractivity contribution in [2.75, 3.05) is 24.2 Å². The molecule has 0 aromatic carbocycles.